The monoisotopic (exact) mass is 152 g/mol. The molecule has 0 aromatic carbocycles. The molecule has 4 nitrogen and oxygen atoms in total. The molecule has 58 valence electrons. The number of hydrogen-bond acceptors (Lipinski definition) is 4. The molecule has 0 saturated carbocycles. The third-order valence-corrected chi connectivity index (χ3v) is 1.23. The third-order valence-electron chi connectivity index (χ3n) is 1.23. The minimum absolute atomic E-state index is 0.153. The third kappa shape index (κ3) is 2.75. The predicted molar refractivity (Wildman–Crippen MR) is 41.4 cm³/mol. The average molecular weight is 152 g/mol. The van der Waals surface area contributed by atoms with Crippen molar-refractivity contribution in [3.05, 3.63) is 12.3 Å². The maximum Gasteiger partial charge on any atom is 0.323 e. The van der Waals surface area contributed by atoms with Crippen molar-refractivity contribution in [3.8, 4) is 0 Å². The van der Waals surface area contributed by atoms with Gasteiger partial charge in [0.15, 0.2) is 0 Å². The molecule has 0 saturated heterocycles. The molecule has 1 unspecified atom stereocenters. The van der Waals surface area contributed by atoms with E-state index >= 15 is 0 Å². The van der Waals surface area contributed by atoms with Crippen LogP contribution in [-0.2, 0) is 9.63 Å². The molecule has 0 amide bonds. The number of carbonyl (C=O) groups excluding carboxylic acids is 1. The summed E-state index contributed by atoms with van der Waals surface area (Å²) in [6, 6.07) is 0. The molecule has 0 bridgehead atoms. The summed E-state index contributed by atoms with van der Waals surface area (Å²) in [5.74, 6) is 0.153. The van der Waals surface area contributed by atoms with E-state index in [-0.39, 0.29) is 12.4 Å². The van der Waals surface area contributed by atoms with Gasteiger partial charge in [-0.25, -0.2) is 0 Å². The highest BCUT2D eigenvalue weighted by Crippen LogP contribution is 2.03. The van der Waals surface area contributed by atoms with Crippen LogP contribution >= 0.6 is 0 Å². The Labute approximate surface area is 64.3 Å². The van der Waals surface area contributed by atoms with E-state index in [2.05, 4.69) is 15.0 Å². The largest absolute Gasteiger partial charge is 0.323 e. The quantitative estimate of drug-likeness (QED) is 0.259. The fourth-order valence-electron chi connectivity index (χ4n) is 0.737. The van der Waals surface area contributed by atoms with Crippen LogP contribution in [0.3, 0.4) is 0 Å². The highest BCUT2D eigenvalue weighted by molar-refractivity contribution is 5.84. The Morgan fingerprint density at radius 1 is 1.73 bits per heavy atom. The van der Waals surface area contributed by atoms with Gasteiger partial charge in [-0.2, -0.15) is 0 Å². The lowest BCUT2D eigenvalue weighted by molar-refractivity contribution is -0.128. The highest BCUT2D eigenvalue weighted by atomic mass is 16.7. The molecule has 1 aliphatic heterocycles. The topological polar surface area (TPSA) is 51.0 Å². The van der Waals surface area contributed by atoms with Crippen LogP contribution < -0.4 is 0 Å². The zero-order chi connectivity index (χ0) is 7.94. The summed E-state index contributed by atoms with van der Waals surface area (Å²) in [6.07, 6.45) is 7.80. The Kier molecular flexibility index (Phi) is 3.05. The van der Waals surface area contributed by atoms with Gasteiger partial charge in [0.25, 0.3) is 0 Å². The van der Waals surface area contributed by atoms with Crippen molar-refractivity contribution in [1.29, 1.82) is 0 Å². The number of nitrogens with zero attached hydrogens (tertiary/aromatic N) is 2. The van der Waals surface area contributed by atoms with E-state index in [0.717, 1.165) is 6.42 Å². The fraction of sp³-hybridized carbons (Fsp3) is 0.286. The van der Waals surface area contributed by atoms with Gasteiger partial charge < -0.3 is 4.84 Å². The number of carbonyl (C=O) groups is 1. The van der Waals surface area contributed by atoms with E-state index in [1.807, 2.05) is 6.08 Å². The lowest BCUT2D eigenvalue weighted by Gasteiger charge is -2.02. The summed E-state index contributed by atoms with van der Waals surface area (Å²) in [5.41, 5.74) is 0. The molecule has 0 aromatic heterocycles. The first-order valence-electron chi connectivity index (χ1n) is 3.25. The molecule has 1 rings (SSSR count). The number of allylic oxidation sites excluding steroid dienone is 1. The van der Waals surface area contributed by atoms with Crippen molar-refractivity contribution in [2.45, 2.75) is 6.42 Å². The smallest absolute Gasteiger partial charge is 0.322 e. The van der Waals surface area contributed by atoms with Crippen LogP contribution in [0.15, 0.2) is 22.4 Å². The highest BCUT2D eigenvalue weighted by Gasteiger charge is 2.01. The SMILES string of the molecule is O=CO/N=C/C1C=NC=CC1. The van der Waals surface area contributed by atoms with E-state index in [1.165, 1.54) is 0 Å². The van der Waals surface area contributed by atoms with E-state index in [0.29, 0.717) is 0 Å². The van der Waals surface area contributed by atoms with Crippen molar-refractivity contribution >= 4 is 18.9 Å². The van der Waals surface area contributed by atoms with Crippen molar-refractivity contribution in [2.24, 2.45) is 16.1 Å². The van der Waals surface area contributed by atoms with E-state index in [9.17, 15) is 4.79 Å². The van der Waals surface area contributed by atoms with Crippen molar-refractivity contribution in [2.75, 3.05) is 0 Å². The minimum Gasteiger partial charge on any atom is -0.322 e. The fourth-order valence-corrected chi connectivity index (χ4v) is 0.737. The predicted octanol–water partition coefficient (Wildman–Crippen LogP) is 0.750. The molecule has 0 fully saturated rings. The first-order chi connectivity index (χ1) is 5.43. The van der Waals surface area contributed by atoms with Crippen LogP contribution in [0.25, 0.3) is 0 Å². The first kappa shape index (κ1) is 7.65. The lowest BCUT2D eigenvalue weighted by atomic mass is 10.1. The van der Waals surface area contributed by atoms with E-state index in [1.54, 1.807) is 18.6 Å². The molecule has 4 heteroatoms. The van der Waals surface area contributed by atoms with Gasteiger partial charge in [0.1, 0.15) is 0 Å². The Morgan fingerprint density at radius 2 is 2.64 bits per heavy atom. The van der Waals surface area contributed by atoms with Gasteiger partial charge in [0.2, 0.25) is 0 Å². The van der Waals surface area contributed by atoms with Crippen LogP contribution in [0.1, 0.15) is 6.42 Å². The molecule has 0 aromatic rings. The molecule has 1 aliphatic rings. The lowest BCUT2D eigenvalue weighted by Crippen LogP contribution is -2.04. The number of rotatable bonds is 3. The molecule has 0 N–H and O–H groups in total. The summed E-state index contributed by atoms with van der Waals surface area (Å²) in [4.78, 5) is 17.7. The van der Waals surface area contributed by atoms with Crippen LogP contribution in [-0.4, -0.2) is 18.9 Å². The Morgan fingerprint density at radius 3 is 3.27 bits per heavy atom. The maximum atomic E-state index is 9.66. The number of hydrogen-bond donors (Lipinski definition) is 0. The van der Waals surface area contributed by atoms with Gasteiger partial charge in [-0.15, -0.1) is 0 Å². The van der Waals surface area contributed by atoms with Crippen LogP contribution in [0.2, 0.25) is 0 Å². The van der Waals surface area contributed by atoms with Crippen molar-refractivity contribution in [3.63, 3.8) is 0 Å². The molecule has 1 atom stereocenters. The summed E-state index contributed by atoms with van der Waals surface area (Å²) < 4.78 is 0. The van der Waals surface area contributed by atoms with Gasteiger partial charge in [-0.05, 0) is 6.42 Å². The summed E-state index contributed by atoms with van der Waals surface area (Å²) in [7, 11) is 0. The van der Waals surface area contributed by atoms with Gasteiger partial charge in [-0.1, -0.05) is 11.2 Å². The molecular weight excluding hydrogens is 144 g/mol. The van der Waals surface area contributed by atoms with Crippen molar-refractivity contribution in [1.82, 2.24) is 0 Å². The summed E-state index contributed by atoms with van der Waals surface area (Å²) in [6.45, 7) is 0.284. The molecule has 11 heavy (non-hydrogen) atoms. The molecule has 0 spiro atoms. The molecule has 1 heterocycles. The molecule has 0 radical (unpaired) electrons. The molecular formula is C7H8N2O2. The van der Waals surface area contributed by atoms with E-state index < -0.39 is 0 Å². The van der Waals surface area contributed by atoms with Crippen LogP contribution in [0, 0.1) is 5.92 Å². The molecule has 0 aliphatic carbocycles. The number of oxime groups is 1. The zero-order valence-corrected chi connectivity index (χ0v) is 5.88. The standard InChI is InChI=1S/C7H8N2O2/c10-6-11-9-5-7-2-1-3-8-4-7/h1,3-7H,2H2/b9-5+. The second-order valence-electron chi connectivity index (χ2n) is 2.04. The zero-order valence-electron chi connectivity index (χ0n) is 5.88. The summed E-state index contributed by atoms with van der Waals surface area (Å²) >= 11 is 0. The van der Waals surface area contributed by atoms with Gasteiger partial charge in [0.05, 0.1) is 6.21 Å². The van der Waals surface area contributed by atoms with E-state index in [4.69, 9.17) is 0 Å². The van der Waals surface area contributed by atoms with Crippen LogP contribution in [0.4, 0.5) is 0 Å². The normalized spacial score (nSPS) is 22.4. The van der Waals surface area contributed by atoms with Gasteiger partial charge >= 0.3 is 6.47 Å². The average Bonchev–Trinajstić information content (AvgIpc) is 2.07. The number of aliphatic imine (C=N–C) groups is 1. The van der Waals surface area contributed by atoms with Crippen LogP contribution in [0.5, 0.6) is 0 Å². The van der Waals surface area contributed by atoms with Gasteiger partial charge in [-0.3, -0.25) is 9.79 Å². The van der Waals surface area contributed by atoms with Crippen molar-refractivity contribution < 1.29 is 9.63 Å². The second kappa shape index (κ2) is 4.38. The maximum absolute atomic E-state index is 9.66. The Bertz CT molecular complexity index is 208. The second-order valence-corrected chi connectivity index (χ2v) is 2.04. The Balaban J connectivity index is 2.32. The minimum atomic E-state index is 0.153. The first-order valence-corrected chi connectivity index (χ1v) is 3.25. The Hall–Kier alpha value is -1.45. The van der Waals surface area contributed by atoms with Gasteiger partial charge in [0, 0.05) is 18.3 Å². The summed E-state index contributed by atoms with van der Waals surface area (Å²) in [5, 5.41) is 3.40.